The molecule has 0 saturated carbocycles. The molecule has 2 aromatic rings. The first-order valence-electron chi connectivity index (χ1n) is 4.97. The Morgan fingerprint density at radius 3 is 2.50 bits per heavy atom. The molecule has 0 aliphatic carbocycles. The van der Waals surface area contributed by atoms with E-state index in [-0.39, 0.29) is 5.75 Å². The zero-order valence-corrected chi connectivity index (χ0v) is 8.67. The Bertz CT molecular complexity index is 440. The number of hydrogen-bond donors (Lipinski definition) is 1. The minimum atomic E-state index is 0.154. The zero-order chi connectivity index (χ0) is 11.2. The molecular formula is C13H12O3. The topological polar surface area (TPSA) is 38.7 Å². The van der Waals surface area contributed by atoms with Crippen molar-refractivity contribution in [1.29, 1.82) is 0 Å². The zero-order valence-electron chi connectivity index (χ0n) is 8.67. The first-order chi connectivity index (χ1) is 7.84. The van der Waals surface area contributed by atoms with Crippen LogP contribution >= 0.6 is 0 Å². The molecule has 0 atom stereocenters. The molecule has 2 rings (SSSR count). The lowest BCUT2D eigenvalue weighted by Gasteiger charge is -2.04. The van der Waals surface area contributed by atoms with Crippen LogP contribution in [0.2, 0.25) is 0 Å². The minimum absolute atomic E-state index is 0.154. The molecule has 3 heteroatoms. The summed E-state index contributed by atoms with van der Waals surface area (Å²) in [4.78, 5) is 10.1. The molecule has 1 N–H and O–H groups in total. The van der Waals surface area contributed by atoms with Crippen LogP contribution in [0.1, 0.15) is 5.56 Å². The van der Waals surface area contributed by atoms with Gasteiger partial charge in [-0.3, -0.25) is 0 Å². The second kappa shape index (κ2) is 5.19. The number of phenolic OH excluding ortho intramolecular Hbond substituents is 1. The summed E-state index contributed by atoms with van der Waals surface area (Å²) in [5.41, 5.74) is 1.03. The highest BCUT2D eigenvalue weighted by Crippen LogP contribution is 2.18. The first-order valence-corrected chi connectivity index (χ1v) is 4.97. The third kappa shape index (κ3) is 3.00. The fourth-order valence-corrected chi connectivity index (χ4v) is 1.28. The molecule has 16 heavy (non-hydrogen) atoms. The number of aromatic hydroxyl groups is 1. The molecule has 82 valence electrons. The van der Waals surface area contributed by atoms with Crippen molar-refractivity contribution in [2.24, 2.45) is 0 Å². The maximum atomic E-state index is 9.19. The fourth-order valence-electron chi connectivity index (χ4n) is 1.28. The highest BCUT2D eigenvalue weighted by atomic mass is 17.2. The summed E-state index contributed by atoms with van der Waals surface area (Å²) in [6.07, 6.45) is 0. The highest BCUT2D eigenvalue weighted by Gasteiger charge is 1.97. The molecule has 0 aliphatic rings. The Kier molecular flexibility index (Phi) is 3.41. The van der Waals surface area contributed by atoms with Crippen molar-refractivity contribution < 1.29 is 14.9 Å². The van der Waals surface area contributed by atoms with E-state index in [1.807, 2.05) is 30.3 Å². The van der Waals surface area contributed by atoms with Crippen molar-refractivity contribution >= 4 is 0 Å². The van der Waals surface area contributed by atoms with Crippen LogP contribution in [0.3, 0.4) is 0 Å². The Hall–Kier alpha value is -2.00. The Labute approximate surface area is 93.8 Å². The van der Waals surface area contributed by atoms with Gasteiger partial charge in [-0.2, -0.15) is 4.89 Å². The van der Waals surface area contributed by atoms with Crippen LogP contribution in [0.5, 0.6) is 11.5 Å². The monoisotopic (exact) mass is 216 g/mol. The van der Waals surface area contributed by atoms with Crippen LogP contribution < -0.4 is 4.89 Å². The molecule has 0 aromatic heterocycles. The summed E-state index contributed by atoms with van der Waals surface area (Å²) in [7, 11) is 0. The van der Waals surface area contributed by atoms with Crippen molar-refractivity contribution in [3.8, 4) is 11.5 Å². The van der Waals surface area contributed by atoms with Gasteiger partial charge in [-0.05, 0) is 17.7 Å². The van der Waals surface area contributed by atoms with Gasteiger partial charge in [-0.1, -0.05) is 36.4 Å². The van der Waals surface area contributed by atoms with E-state index in [1.54, 1.807) is 18.2 Å². The summed E-state index contributed by atoms with van der Waals surface area (Å²) in [5.74, 6) is 0.636. The summed E-state index contributed by atoms with van der Waals surface area (Å²) in [5, 5.41) is 9.19. The van der Waals surface area contributed by atoms with E-state index in [4.69, 9.17) is 9.78 Å². The van der Waals surface area contributed by atoms with Crippen molar-refractivity contribution in [3.05, 3.63) is 60.2 Å². The lowest BCUT2D eigenvalue weighted by Crippen LogP contribution is -1.97. The lowest BCUT2D eigenvalue weighted by molar-refractivity contribution is -0.217. The van der Waals surface area contributed by atoms with Gasteiger partial charge in [-0.15, -0.1) is 0 Å². The molecule has 0 saturated heterocycles. The van der Waals surface area contributed by atoms with E-state index in [2.05, 4.69) is 0 Å². The van der Waals surface area contributed by atoms with Gasteiger partial charge in [0, 0.05) is 6.07 Å². The number of hydrogen-bond acceptors (Lipinski definition) is 3. The predicted octanol–water partition coefficient (Wildman–Crippen LogP) is 2.90. The fraction of sp³-hybridized carbons (Fsp3) is 0.0769. The van der Waals surface area contributed by atoms with Crippen molar-refractivity contribution in [2.45, 2.75) is 6.61 Å². The summed E-state index contributed by atoms with van der Waals surface area (Å²) >= 11 is 0. The number of benzene rings is 2. The summed E-state index contributed by atoms with van der Waals surface area (Å²) < 4.78 is 0. The molecule has 0 spiro atoms. The second-order valence-electron chi connectivity index (χ2n) is 3.33. The molecule has 0 amide bonds. The van der Waals surface area contributed by atoms with Crippen molar-refractivity contribution in [3.63, 3.8) is 0 Å². The average Bonchev–Trinajstić information content (AvgIpc) is 2.30. The Morgan fingerprint density at radius 1 is 0.938 bits per heavy atom. The Balaban J connectivity index is 1.85. The molecule has 0 aliphatic heterocycles. The smallest absolute Gasteiger partial charge is 0.169 e. The van der Waals surface area contributed by atoms with E-state index < -0.39 is 0 Å². The molecule has 0 radical (unpaired) electrons. The average molecular weight is 216 g/mol. The normalized spacial score (nSPS) is 10.0. The van der Waals surface area contributed by atoms with E-state index in [1.165, 1.54) is 6.07 Å². The molecule has 0 unspecified atom stereocenters. The summed E-state index contributed by atoms with van der Waals surface area (Å²) in [6.45, 7) is 0.372. The van der Waals surface area contributed by atoms with Gasteiger partial charge in [0.25, 0.3) is 0 Å². The quantitative estimate of drug-likeness (QED) is 0.630. The third-order valence-corrected chi connectivity index (χ3v) is 2.04. The number of rotatable bonds is 4. The molecule has 0 fully saturated rings. The van der Waals surface area contributed by atoms with E-state index >= 15 is 0 Å². The van der Waals surface area contributed by atoms with E-state index in [9.17, 15) is 5.11 Å². The van der Waals surface area contributed by atoms with Gasteiger partial charge in [0.15, 0.2) is 5.75 Å². The van der Waals surface area contributed by atoms with Crippen LogP contribution in [0.4, 0.5) is 0 Å². The van der Waals surface area contributed by atoms with Gasteiger partial charge in [0.1, 0.15) is 12.4 Å². The molecule has 3 nitrogen and oxygen atoms in total. The maximum Gasteiger partial charge on any atom is 0.169 e. The minimum Gasteiger partial charge on any atom is -0.508 e. The second-order valence-corrected chi connectivity index (χ2v) is 3.33. The highest BCUT2D eigenvalue weighted by molar-refractivity contribution is 5.31. The third-order valence-electron chi connectivity index (χ3n) is 2.04. The van der Waals surface area contributed by atoms with Crippen molar-refractivity contribution in [1.82, 2.24) is 0 Å². The van der Waals surface area contributed by atoms with Gasteiger partial charge < -0.3 is 9.99 Å². The SMILES string of the molecule is Oc1cccc(OOCc2ccccc2)c1. The van der Waals surface area contributed by atoms with Gasteiger partial charge in [0.05, 0.1) is 0 Å². The maximum absolute atomic E-state index is 9.19. The van der Waals surface area contributed by atoms with E-state index in [0.29, 0.717) is 12.4 Å². The van der Waals surface area contributed by atoms with Crippen LogP contribution in [0, 0.1) is 0 Å². The van der Waals surface area contributed by atoms with Crippen LogP contribution in [0.15, 0.2) is 54.6 Å². The van der Waals surface area contributed by atoms with Gasteiger partial charge >= 0.3 is 0 Å². The van der Waals surface area contributed by atoms with Crippen LogP contribution in [-0.4, -0.2) is 5.11 Å². The summed E-state index contributed by atoms with van der Waals surface area (Å²) in [6, 6.07) is 16.2. The van der Waals surface area contributed by atoms with Gasteiger partial charge in [0.2, 0.25) is 0 Å². The van der Waals surface area contributed by atoms with Gasteiger partial charge in [-0.25, -0.2) is 0 Å². The molecular weight excluding hydrogens is 204 g/mol. The predicted molar refractivity (Wildman–Crippen MR) is 60.0 cm³/mol. The first kappa shape index (κ1) is 10.5. The number of phenols is 1. The molecule has 2 aromatic carbocycles. The lowest BCUT2D eigenvalue weighted by atomic mass is 10.2. The largest absolute Gasteiger partial charge is 0.508 e. The standard InChI is InChI=1S/C13H12O3/c14-12-7-4-8-13(9-12)16-15-10-11-5-2-1-3-6-11/h1-9,14H,10H2. The Morgan fingerprint density at radius 2 is 1.75 bits per heavy atom. The van der Waals surface area contributed by atoms with Crippen LogP contribution in [0.25, 0.3) is 0 Å². The van der Waals surface area contributed by atoms with E-state index in [0.717, 1.165) is 5.56 Å². The molecule has 0 heterocycles. The van der Waals surface area contributed by atoms with Crippen LogP contribution in [-0.2, 0) is 11.5 Å². The van der Waals surface area contributed by atoms with Crippen molar-refractivity contribution in [2.75, 3.05) is 0 Å². The molecule has 0 bridgehead atoms.